The molecule has 1 aromatic carbocycles. The second kappa shape index (κ2) is 5.51. The minimum absolute atomic E-state index is 0.0143. The first-order valence-corrected chi connectivity index (χ1v) is 5.92. The van der Waals surface area contributed by atoms with Crippen molar-refractivity contribution >= 4 is 0 Å². The van der Waals surface area contributed by atoms with Crippen LogP contribution in [0.3, 0.4) is 0 Å². The van der Waals surface area contributed by atoms with E-state index in [1.165, 1.54) is 6.07 Å². The predicted molar refractivity (Wildman–Crippen MR) is 66.2 cm³/mol. The normalized spacial score (nSPS) is 12.3. The van der Waals surface area contributed by atoms with Crippen LogP contribution in [-0.2, 0) is 12.4 Å². The van der Waals surface area contributed by atoms with E-state index in [1.54, 1.807) is 0 Å². The van der Waals surface area contributed by atoms with Crippen molar-refractivity contribution in [3.8, 4) is 17.0 Å². The molecule has 0 atom stereocenters. The Kier molecular flexibility index (Phi) is 4.04. The van der Waals surface area contributed by atoms with Crippen LogP contribution in [0.4, 0.5) is 26.3 Å². The molecule has 2 rings (SSSR count). The molecule has 1 aromatic heterocycles. The summed E-state index contributed by atoms with van der Waals surface area (Å²) in [7, 11) is 1.12. The highest BCUT2D eigenvalue weighted by atomic mass is 19.4. The fourth-order valence-electron chi connectivity index (χ4n) is 1.81. The van der Waals surface area contributed by atoms with Gasteiger partial charge in [-0.25, -0.2) is 0 Å². The molecule has 22 heavy (non-hydrogen) atoms. The fraction of sp³-hybridized carbons (Fsp3) is 0.214. The fourth-order valence-corrected chi connectivity index (χ4v) is 1.81. The molecule has 2 aromatic rings. The summed E-state index contributed by atoms with van der Waals surface area (Å²) in [5, 5.41) is 0. The summed E-state index contributed by atoms with van der Waals surface area (Å²) in [5.74, 6) is -0.255. The van der Waals surface area contributed by atoms with Gasteiger partial charge in [-0.3, -0.25) is 4.98 Å². The Morgan fingerprint density at radius 2 is 1.55 bits per heavy atom. The molecular weight excluding hydrogens is 312 g/mol. The molecule has 0 radical (unpaired) electrons. The Morgan fingerprint density at radius 1 is 0.909 bits per heavy atom. The number of nitrogens with zero attached hydrogens (tertiary/aromatic N) is 1. The molecule has 0 aliphatic carbocycles. The maximum Gasteiger partial charge on any atom is 0.418 e. The smallest absolute Gasteiger partial charge is 0.418 e. The van der Waals surface area contributed by atoms with Gasteiger partial charge in [0.15, 0.2) is 0 Å². The number of ether oxygens (including phenoxy) is 1. The van der Waals surface area contributed by atoms with Crippen LogP contribution in [-0.4, -0.2) is 12.1 Å². The van der Waals surface area contributed by atoms with E-state index in [9.17, 15) is 26.3 Å². The molecule has 0 aliphatic heterocycles. The number of rotatable bonds is 2. The SMILES string of the molecule is COc1cc(C(F)(F)F)cnc1-c1cccc(C(F)(F)F)c1. The lowest BCUT2D eigenvalue weighted by molar-refractivity contribution is -0.138. The van der Waals surface area contributed by atoms with Crippen LogP contribution in [0.2, 0.25) is 0 Å². The third-order valence-electron chi connectivity index (χ3n) is 2.86. The molecule has 0 fully saturated rings. The van der Waals surface area contributed by atoms with Crippen LogP contribution in [0, 0.1) is 0 Å². The van der Waals surface area contributed by atoms with Gasteiger partial charge in [0.1, 0.15) is 11.4 Å². The summed E-state index contributed by atoms with van der Waals surface area (Å²) in [6.45, 7) is 0. The van der Waals surface area contributed by atoms with Gasteiger partial charge in [-0.05, 0) is 18.2 Å². The van der Waals surface area contributed by atoms with E-state index in [-0.39, 0.29) is 17.0 Å². The minimum atomic E-state index is -4.62. The van der Waals surface area contributed by atoms with Crippen molar-refractivity contribution in [2.24, 2.45) is 0 Å². The quantitative estimate of drug-likeness (QED) is 0.742. The number of halogens is 6. The van der Waals surface area contributed by atoms with Gasteiger partial charge in [-0.15, -0.1) is 0 Å². The molecule has 118 valence electrons. The second-order valence-corrected chi connectivity index (χ2v) is 4.35. The number of methoxy groups -OCH3 is 1. The van der Waals surface area contributed by atoms with Crippen LogP contribution in [0.5, 0.6) is 5.75 Å². The maximum absolute atomic E-state index is 12.7. The molecule has 0 saturated carbocycles. The Bertz CT molecular complexity index is 678. The zero-order chi connectivity index (χ0) is 16.5. The van der Waals surface area contributed by atoms with Gasteiger partial charge in [-0.2, -0.15) is 26.3 Å². The first-order chi connectivity index (χ1) is 10.1. The summed E-state index contributed by atoms with van der Waals surface area (Å²) in [4.78, 5) is 3.60. The highest BCUT2D eigenvalue weighted by Crippen LogP contribution is 2.37. The minimum Gasteiger partial charge on any atom is -0.494 e. The molecule has 0 saturated heterocycles. The molecule has 8 heteroatoms. The van der Waals surface area contributed by atoms with E-state index >= 15 is 0 Å². The van der Waals surface area contributed by atoms with Gasteiger partial charge in [0.25, 0.3) is 0 Å². The molecule has 0 amide bonds. The van der Waals surface area contributed by atoms with Crippen molar-refractivity contribution in [3.05, 3.63) is 47.7 Å². The summed E-state index contributed by atoms with van der Waals surface area (Å²) in [5.41, 5.74) is -2.05. The Morgan fingerprint density at radius 3 is 2.09 bits per heavy atom. The molecule has 0 N–H and O–H groups in total. The molecule has 0 aliphatic rings. The Balaban J connectivity index is 2.54. The van der Waals surface area contributed by atoms with Gasteiger partial charge in [0, 0.05) is 11.8 Å². The molecule has 2 nitrogen and oxygen atoms in total. The summed E-state index contributed by atoms with van der Waals surface area (Å²) in [6, 6.07) is 4.82. The molecule has 0 unspecified atom stereocenters. The standard InChI is InChI=1S/C14H9F6NO/c1-22-11-6-10(14(18,19)20)7-21-12(11)8-3-2-4-9(5-8)13(15,16)17/h2-7H,1H3. The number of hydrogen-bond donors (Lipinski definition) is 0. The van der Waals surface area contributed by atoms with Crippen molar-refractivity contribution in [3.63, 3.8) is 0 Å². The van der Waals surface area contributed by atoms with Crippen molar-refractivity contribution in [2.75, 3.05) is 7.11 Å². The van der Waals surface area contributed by atoms with Gasteiger partial charge in [0.05, 0.1) is 18.2 Å². The van der Waals surface area contributed by atoms with Crippen LogP contribution >= 0.6 is 0 Å². The average Bonchev–Trinajstić information content (AvgIpc) is 2.45. The van der Waals surface area contributed by atoms with Gasteiger partial charge in [-0.1, -0.05) is 12.1 Å². The summed E-state index contributed by atoms with van der Waals surface area (Å²) >= 11 is 0. The summed E-state index contributed by atoms with van der Waals surface area (Å²) < 4.78 is 80.7. The van der Waals surface area contributed by atoms with E-state index in [4.69, 9.17) is 4.74 Å². The van der Waals surface area contributed by atoms with Gasteiger partial charge < -0.3 is 4.74 Å². The van der Waals surface area contributed by atoms with E-state index in [0.717, 1.165) is 25.3 Å². The molecule has 0 bridgehead atoms. The first kappa shape index (κ1) is 16.1. The highest BCUT2D eigenvalue weighted by Gasteiger charge is 2.33. The number of benzene rings is 1. The lowest BCUT2D eigenvalue weighted by atomic mass is 10.1. The van der Waals surface area contributed by atoms with E-state index < -0.39 is 23.5 Å². The average molecular weight is 321 g/mol. The van der Waals surface area contributed by atoms with E-state index in [0.29, 0.717) is 12.3 Å². The van der Waals surface area contributed by atoms with Crippen LogP contribution in [0.15, 0.2) is 36.5 Å². The Hall–Kier alpha value is -2.25. The lowest BCUT2D eigenvalue weighted by Gasteiger charge is -2.13. The maximum atomic E-state index is 12.7. The zero-order valence-corrected chi connectivity index (χ0v) is 11.1. The van der Waals surface area contributed by atoms with Gasteiger partial charge >= 0.3 is 12.4 Å². The zero-order valence-electron chi connectivity index (χ0n) is 11.1. The van der Waals surface area contributed by atoms with Crippen LogP contribution in [0.25, 0.3) is 11.3 Å². The van der Waals surface area contributed by atoms with Crippen LogP contribution < -0.4 is 4.74 Å². The molecular formula is C14H9F6NO. The number of pyridine rings is 1. The van der Waals surface area contributed by atoms with E-state index in [2.05, 4.69) is 4.98 Å². The third-order valence-corrected chi connectivity index (χ3v) is 2.86. The van der Waals surface area contributed by atoms with Crippen molar-refractivity contribution in [1.29, 1.82) is 0 Å². The van der Waals surface area contributed by atoms with Crippen molar-refractivity contribution in [1.82, 2.24) is 4.98 Å². The van der Waals surface area contributed by atoms with Crippen LogP contribution in [0.1, 0.15) is 11.1 Å². The molecule has 0 spiro atoms. The van der Waals surface area contributed by atoms with Crippen molar-refractivity contribution < 1.29 is 31.1 Å². The lowest BCUT2D eigenvalue weighted by Crippen LogP contribution is -2.07. The van der Waals surface area contributed by atoms with Crippen molar-refractivity contribution in [2.45, 2.75) is 12.4 Å². The second-order valence-electron chi connectivity index (χ2n) is 4.35. The van der Waals surface area contributed by atoms with Gasteiger partial charge in [0.2, 0.25) is 0 Å². The third kappa shape index (κ3) is 3.32. The largest absolute Gasteiger partial charge is 0.494 e. The number of aromatic nitrogens is 1. The topological polar surface area (TPSA) is 22.1 Å². The Labute approximate surface area is 121 Å². The summed E-state index contributed by atoms with van der Waals surface area (Å²) in [6.07, 6.45) is -8.63. The highest BCUT2D eigenvalue weighted by molar-refractivity contribution is 5.67. The number of hydrogen-bond acceptors (Lipinski definition) is 2. The van der Waals surface area contributed by atoms with E-state index in [1.807, 2.05) is 0 Å². The number of alkyl halides is 6. The monoisotopic (exact) mass is 321 g/mol. The molecule has 1 heterocycles. The first-order valence-electron chi connectivity index (χ1n) is 5.92. The predicted octanol–water partition coefficient (Wildman–Crippen LogP) is 4.79.